The van der Waals surface area contributed by atoms with E-state index in [0.717, 1.165) is 48.2 Å². The van der Waals surface area contributed by atoms with Crippen LogP contribution in [0, 0.1) is 0 Å². The highest BCUT2D eigenvalue weighted by Gasteiger charge is 2.11. The van der Waals surface area contributed by atoms with Gasteiger partial charge in [-0.1, -0.05) is 22.0 Å². The Morgan fingerprint density at radius 2 is 2.09 bits per heavy atom. The van der Waals surface area contributed by atoms with Crippen LogP contribution >= 0.6 is 15.9 Å². The molecule has 0 bridgehead atoms. The van der Waals surface area contributed by atoms with Gasteiger partial charge in [0.1, 0.15) is 6.54 Å². The highest BCUT2D eigenvalue weighted by Crippen LogP contribution is 2.20. The molecule has 22 heavy (non-hydrogen) atoms. The number of carbonyl (C=O) groups excluding carboxylic acids is 1. The number of carbonyl (C=O) groups is 1. The van der Waals surface area contributed by atoms with Crippen LogP contribution < -0.4 is 5.32 Å². The summed E-state index contributed by atoms with van der Waals surface area (Å²) in [6.45, 7) is 5.40. The number of halogens is 1. The second kappa shape index (κ2) is 7.26. The summed E-state index contributed by atoms with van der Waals surface area (Å²) in [6.07, 6.45) is 1.96. The predicted octanol–water partition coefficient (Wildman–Crippen LogP) is 1.85. The molecule has 3 rings (SSSR count). The van der Waals surface area contributed by atoms with Crippen molar-refractivity contribution in [1.29, 1.82) is 0 Å². The number of nitrogens with one attached hydrogen (secondary N) is 1. The van der Waals surface area contributed by atoms with Crippen molar-refractivity contribution in [2.75, 3.05) is 39.4 Å². The second-order valence-electron chi connectivity index (χ2n) is 5.45. The zero-order valence-corrected chi connectivity index (χ0v) is 14.0. The maximum atomic E-state index is 12.1. The minimum Gasteiger partial charge on any atom is -0.379 e. The van der Waals surface area contributed by atoms with E-state index in [1.807, 2.05) is 35.0 Å². The third-order valence-corrected chi connectivity index (χ3v) is 4.40. The molecule has 1 fully saturated rings. The summed E-state index contributed by atoms with van der Waals surface area (Å²) in [5.41, 5.74) is 1.07. The van der Waals surface area contributed by atoms with Crippen molar-refractivity contribution < 1.29 is 9.53 Å². The van der Waals surface area contributed by atoms with Gasteiger partial charge in [0.25, 0.3) is 0 Å². The van der Waals surface area contributed by atoms with Gasteiger partial charge in [0.15, 0.2) is 0 Å². The minimum atomic E-state index is 0.0470. The Morgan fingerprint density at radius 1 is 1.27 bits per heavy atom. The normalized spacial score (nSPS) is 16.0. The Labute approximate surface area is 138 Å². The number of fused-ring (bicyclic) bond motifs is 1. The Bertz CT molecular complexity index is 650. The van der Waals surface area contributed by atoms with Crippen molar-refractivity contribution in [3.63, 3.8) is 0 Å². The van der Waals surface area contributed by atoms with E-state index < -0.39 is 0 Å². The largest absolute Gasteiger partial charge is 0.379 e. The molecule has 0 spiro atoms. The molecular formula is C16H20BrN3O2. The second-order valence-corrected chi connectivity index (χ2v) is 6.37. The monoisotopic (exact) mass is 365 g/mol. The van der Waals surface area contributed by atoms with Crippen molar-refractivity contribution in [3.8, 4) is 0 Å². The van der Waals surface area contributed by atoms with Crippen molar-refractivity contribution in [2.24, 2.45) is 0 Å². The van der Waals surface area contributed by atoms with Crippen LogP contribution in [0.15, 0.2) is 34.9 Å². The number of amides is 1. The summed E-state index contributed by atoms with van der Waals surface area (Å²) in [5.74, 6) is 0.0470. The fraction of sp³-hybridized carbons (Fsp3) is 0.438. The smallest absolute Gasteiger partial charge is 0.239 e. The van der Waals surface area contributed by atoms with Crippen LogP contribution in [0.4, 0.5) is 0 Å². The molecule has 1 aliphatic rings. The van der Waals surface area contributed by atoms with Gasteiger partial charge >= 0.3 is 0 Å². The van der Waals surface area contributed by atoms with Gasteiger partial charge in [0.05, 0.1) is 13.2 Å². The lowest BCUT2D eigenvalue weighted by Gasteiger charge is -2.26. The van der Waals surface area contributed by atoms with Gasteiger partial charge < -0.3 is 14.6 Å². The first-order valence-corrected chi connectivity index (χ1v) is 8.33. The van der Waals surface area contributed by atoms with Gasteiger partial charge in [-0.2, -0.15) is 0 Å². The molecule has 0 atom stereocenters. The zero-order chi connectivity index (χ0) is 15.4. The lowest BCUT2D eigenvalue weighted by Crippen LogP contribution is -2.41. The quantitative estimate of drug-likeness (QED) is 0.879. The van der Waals surface area contributed by atoms with Crippen molar-refractivity contribution in [3.05, 3.63) is 34.9 Å². The molecule has 5 nitrogen and oxygen atoms in total. The lowest BCUT2D eigenvalue weighted by molar-refractivity contribution is -0.121. The first-order chi connectivity index (χ1) is 10.7. The van der Waals surface area contributed by atoms with E-state index in [2.05, 4.69) is 26.1 Å². The predicted molar refractivity (Wildman–Crippen MR) is 89.9 cm³/mol. The average Bonchev–Trinajstić information content (AvgIpc) is 2.90. The molecule has 118 valence electrons. The number of morpholine rings is 1. The Balaban J connectivity index is 1.51. The molecule has 1 amide bonds. The van der Waals surface area contributed by atoms with Gasteiger partial charge in [-0.05, 0) is 23.6 Å². The molecular weight excluding hydrogens is 346 g/mol. The molecule has 0 unspecified atom stereocenters. The van der Waals surface area contributed by atoms with E-state index >= 15 is 0 Å². The molecule has 1 saturated heterocycles. The van der Waals surface area contributed by atoms with Gasteiger partial charge in [-0.25, -0.2) is 0 Å². The number of nitrogens with zero attached hydrogens (tertiary/aromatic N) is 2. The summed E-state index contributed by atoms with van der Waals surface area (Å²) < 4.78 is 8.31. The van der Waals surface area contributed by atoms with Gasteiger partial charge in [0, 0.05) is 42.4 Å². The topological polar surface area (TPSA) is 46.5 Å². The third-order valence-electron chi connectivity index (χ3n) is 3.90. The number of hydrogen-bond acceptors (Lipinski definition) is 3. The summed E-state index contributed by atoms with van der Waals surface area (Å²) in [6, 6.07) is 8.13. The maximum absolute atomic E-state index is 12.1. The molecule has 0 saturated carbocycles. The summed E-state index contributed by atoms with van der Waals surface area (Å²) in [4.78, 5) is 14.4. The van der Waals surface area contributed by atoms with E-state index in [-0.39, 0.29) is 5.91 Å². The van der Waals surface area contributed by atoms with Crippen LogP contribution in [0.2, 0.25) is 0 Å². The average molecular weight is 366 g/mol. The fourth-order valence-electron chi connectivity index (χ4n) is 2.68. The SMILES string of the molecule is O=C(Cn1ccc2ccc(Br)cc21)NCCN1CCOCC1. The minimum absolute atomic E-state index is 0.0470. The number of hydrogen-bond donors (Lipinski definition) is 1. The first-order valence-electron chi connectivity index (χ1n) is 7.53. The highest BCUT2D eigenvalue weighted by molar-refractivity contribution is 9.10. The van der Waals surface area contributed by atoms with Crippen LogP contribution in [0.5, 0.6) is 0 Å². The molecule has 1 aromatic carbocycles. The van der Waals surface area contributed by atoms with E-state index in [1.165, 1.54) is 0 Å². The van der Waals surface area contributed by atoms with E-state index in [1.54, 1.807) is 0 Å². The molecule has 2 heterocycles. The maximum Gasteiger partial charge on any atom is 0.239 e. The third kappa shape index (κ3) is 3.88. The molecule has 1 aromatic heterocycles. The standard InChI is InChI=1S/C16H20BrN3O2/c17-14-2-1-13-3-5-20(15(13)11-14)12-16(21)18-4-6-19-7-9-22-10-8-19/h1-3,5,11H,4,6-10,12H2,(H,18,21). The zero-order valence-electron chi connectivity index (χ0n) is 12.4. The van der Waals surface area contributed by atoms with Gasteiger partial charge in [-0.15, -0.1) is 0 Å². The molecule has 0 radical (unpaired) electrons. The summed E-state index contributed by atoms with van der Waals surface area (Å²) >= 11 is 3.47. The van der Waals surface area contributed by atoms with E-state index in [0.29, 0.717) is 13.1 Å². The molecule has 6 heteroatoms. The van der Waals surface area contributed by atoms with Crippen molar-refractivity contribution in [2.45, 2.75) is 6.54 Å². The summed E-state index contributed by atoms with van der Waals surface area (Å²) in [7, 11) is 0. The van der Waals surface area contributed by atoms with Gasteiger partial charge in [-0.3, -0.25) is 9.69 Å². The van der Waals surface area contributed by atoms with Crippen molar-refractivity contribution >= 4 is 32.7 Å². The Kier molecular flexibility index (Phi) is 5.12. The lowest BCUT2D eigenvalue weighted by atomic mass is 10.2. The van der Waals surface area contributed by atoms with E-state index in [4.69, 9.17) is 4.74 Å². The number of aromatic nitrogens is 1. The van der Waals surface area contributed by atoms with Crippen LogP contribution in [0.25, 0.3) is 10.9 Å². The molecule has 0 aliphatic carbocycles. The van der Waals surface area contributed by atoms with E-state index in [9.17, 15) is 4.79 Å². The van der Waals surface area contributed by atoms with Crippen LogP contribution in [-0.2, 0) is 16.1 Å². The summed E-state index contributed by atoms with van der Waals surface area (Å²) in [5, 5.41) is 4.14. The number of rotatable bonds is 5. The van der Waals surface area contributed by atoms with Crippen LogP contribution in [0.3, 0.4) is 0 Å². The molecule has 1 aliphatic heterocycles. The van der Waals surface area contributed by atoms with Crippen LogP contribution in [-0.4, -0.2) is 54.8 Å². The fourth-order valence-corrected chi connectivity index (χ4v) is 3.03. The van der Waals surface area contributed by atoms with Crippen molar-refractivity contribution in [1.82, 2.24) is 14.8 Å². The number of ether oxygens (including phenoxy) is 1. The molecule has 1 N–H and O–H groups in total. The highest BCUT2D eigenvalue weighted by atomic mass is 79.9. The Hall–Kier alpha value is -1.37. The van der Waals surface area contributed by atoms with Gasteiger partial charge in [0.2, 0.25) is 5.91 Å². The van der Waals surface area contributed by atoms with Crippen LogP contribution in [0.1, 0.15) is 0 Å². The first kappa shape index (κ1) is 15.5. The molecule has 2 aromatic rings. The number of benzene rings is 1. The Morgan fingerprint density at radius 3 is 2.91 bits per heavy atom.